The van der Waals surface area contributed by atoms with E-state index in [9.17, 15) is 19.2 Å². The van der Waals surface area contributed by atoms with Crippen LogP contribution in [0.15, 0.2) is 28.7 Å². The maximum Gasteiger partial charge on any atom is 0.344 e. The molecule has 9 nitrogen and oxygen atoms in total. The van der Waals surface area contributed by atoms with Crippen molar-refractivity contribution in [3.8, 4) is 0 Å². The molecule has 0 fully saturated rings. The first-order chi connectivity index (χ1) is 14.3. The first kappa shape index (κ1) is 23.0. The SMILES string of the molecule is CCOC(=O)c1c(C)oc(NC(=O)CNC(=O)c2ccc(Cl)cc2)c1C(=O)OCC. The monoisotopic (exact) mass is 436 g/mol. The van der Waals surface area contributed by atoms with E-state index < -0.39 is 30.3 Å². The summed E-state index contributed by atoms with van der Waals surface area (Å²) < 4.78 is 15.3. The van der Waals surface area contributed by atoms with Crippen molar-refractivity contribution in [2.24, 2.45) is 0 Å². The molecule has 0 bridgehead atoms. The van der Waals surface area contributed by atoms with Crippen LogP contribution in [0.4, 0.5) is 5.88 Å². The smallest absolute Gasteiger partial charge is 0.344 e. The van der Waals surface area contributed by atoms with Gasteiger partial charge in [0, 0.05) is 10.6 Å². The number of benzene rings is 1. The minimum Gasteiger partial charge on any atom is -0.462 e. The highest BCUT2D eigenvalue weighted by atomic mass is 35.5. The van der Waals surface area contributed by atoms with E-state index in [0.717, 1.165) is 0 Å². The number of esters is 2. The van der Waals surface area contributed by atoms with Gasteiger partial charge in [0.05, 0.1) is 19.8 Å². The van der Waals surface area contributed by atoms with Gasteiger partial charge in [-0.15, -0.1) is 0 Å². The molecule has 1 heterocycles. The summed E-state index contributed by atoms with van der Waals surface area (Å²) in [6.45, 7) is 4.40. The number of furan rings is 1. The lowest BCUT2D eigenvalue weighted by Crippen LogP contribution is -2.33. The van der Waals surface area contributed by atoms with Crippen molar-refractivity contribution in [2.75, 3.05) is 25.1 Å². The molecule has 0 saturated carbocycles. The van der Waals surface area contributed by atoms with E-state index in [4.69, 9.17) is 25.5 Å². The zero-order chi connectivity index (χ0) is 22.3. The number of halogens is 1. The van der Waals surface area contributed by atoms with Gasteiger partial charge in [-0.3, -0.25) is 14.9 Å². The molecule has 2 amide bonds. The zero-order valence-corrected chi connectivity index (χ0v) is 17.4. The molecule has 10 heteroatoms. The van der Waals surface area contributed by atoms with Crippen LogP contribution in [0.3, 0.4) is 0 Å². The Hall–Kier alpha value is -3.33. The number of rotatable bonds is 8. The van der Waals surface area contributed by atoms with Crippen molar-refractivity contribution >= 4 is 41.2 Å². The van der Waals surface area contributed by atoms with Crippen molar-refractivity contribution in [2.45, 2.75) is 20.8 Å². The molecule has 0 atom stereocenters. The summed E-state index contributed by atoms with van der Waals surface area (Å²) >= 11 is 5.78. The fraction of sp³-hybridized carbons (Fsp3) is 0.300. The third-order valence-electron chi connectivity index (χ3n) is 3.81. The molecule has 2 N–H and O–H groups in total. The molecule has 0 spiro atoms. The maximum absolute atomic E-state index is 12.3. The van der Waals surface area contributed by atoms with Crippen LogP contribution >= 0.6 is 11.6 Å². The van der Waals surface area contributed by atoms with Gasteiger partial charge in [-0.1, -0.05) is 11.6 Å². The van der Waals surface area contributed by atoms with Gasteiger partial charge in [0.25, 0.3) is 5.91 Å². The Kier molecular flexibility index (Phi) is 7.99. The van der Waals surface area contributed by atoms with E-state index in [1.165, 1.54) is 19.1 Å². The number of carbonyl (C=O) groups excluding carboxylic acids is 4. The lowest BCUT2D eigenvalue weighted by Gasteiger charge is -2.08. The van der Waals surface area contributed by atoms with E-state index in [1.807, 2.05) is 0 Å². The average molecular weight is 437 g/mol. The molecule has 2 aromatic rings. The lowest BCUT2D eigenvalue weighted by atomic mass is 10.1. The minimum atomic E-state index is -0.849. The fourth-order valence-corrected chi connectivity index (χ4v) is 2.64. The number of carbonyl (C=O) groups is 4. The second kappa shape index (κ2) is 10.4. The van der Waals surface area contributed by atoms with E-state index in [-0.39, 0.29) is 36.0 Å². The Morgan fingerprint density at radius 2 is 1.53 bits per heavy atom. The van der Waals surface area contributed by atoms with Crippen LogP contribution in [0.2, 0.25) is 5.02 Å². The number of anilines is 1. The number of nitrogens with one attached hydrogen (secondary N) is 2. The van der Waals surface area contributed by atoms with Crippen LogP contribution in [-0.4, -0.2) is 43.5 Å². The van der Waals surface area contributed by atoms with Crippen molar-refractivity contribution in [3.05, 3.63) is 51.7 Å². The lowest BCUT2D eigenvalue weighted by molar-refractivity contribution is -0.115. The molecule has 0 radical (unpaired) electrons. The Balaban J connectivity index is 2.16. The Morgan fingerprint density at radius 1 is 0.967 bits per heavy atom. The van der Waals surface area contributed by atoms with Gasteiger partial charge in [-0.05, 0) is 45.0 Å². The van der Waals surface area contributed by atoms with Gasteiger partial charge in [-0.2, -0.15) is 0 Å². The summed E-state index contributed by atoms with van der Waals surface area (Å²) in [6, 6.07) is 6.11. The predicted octanol–water partition coefficient (Wildman–Crippen LogP) is 2.96. The van der Waals surface area contributed by atoms with Crippen molar-refractivity contribution in [1.82, 2.24) is 5.32 Å². The van der Waals surface area contributed by atoms with Crippen LogP contribution in [0.25, 0.3) is 0 Å². The van der Waals surface area contributed by atoms with Crippen LogP contribution in [0.1, 0.15) is 50.7 Å². The minimum absolute atomic E-state index is 0.0515. The molecule has 0 aliphatic rings. The summed E-state index contributed by atoms with van der Waals surface area (Å²) in [5, 5.41) is 5.28. The number of hydrogen-bond acceptors (Lipinski definition) is 7. The summed E-state index contributed by atoms with van der Waals surface area (Å²) in [6.07, 6.45) is 0. The normalized spacial score (nSPS) is 10.3. The maximum atomic E-state index is 12.3. The van der Waals surface area contributed by atoms with Gasteiger partial charge < -0.3 is 19.2 Å². The van der Waals surface area contributed by atoms with Crippen LogP contribution in [0, 0.1) is 6.92 Å². The number of aryl methyl sites for hydroxylation is 1. The highest BCUT2D eigenvalue weighted by Gasteiger charge is 2.31. The molecular weight excluding hydrogens is 416 g/mol. The van der Waals surface area contributed by atoms with Gasteiger partial charge >= 0.3 is 11.9 Å². The second-order valence-electron chi connectivity index (χ2n) is 5.92. The molecule has 30 heavy (non-hydrogen) atoms. The van der Waals surface area contributed by atoms with E-state index in [0.29, 0.717) is 10.6 Å². The highest BCUT2D eigenvalue weighted by molar-refractivity contribution is 6.30. The summed E-state index contributed by atoms with van der Waals surface area (Å²) in [7, 11) is 0. The van der Waals surface area contributed by atoms with E-state index >= 15 is 0 Å². The van der Waals surface area contributed by atoms with E-state index in [1.54, 1.807) is 26.0 Å². The molecule has 2 rings (SSSR count). The van der Waals surface area contributed by atoms with Crippen molar-refractivity contribution in [3.63, 3.8) is 0 Å². The van der Waals surface area contributed by atoms with Gasteiger partial charge in [0.15, 0.2) is 0 Å². The van der Waals surface area contributed by atoms with Gasteiger partial charge in [0.1, 0.15) is 16.9 Å². The zero-order valence-electron chi connectivity index (χ0n) is 16.7. The largest absolute Gasteiger partial charge is 0.462 e. The number of amides is 2. The van der Waals surface area contributed by atoms with Crippen LogP contribution in [-0.2, 0) is 14.3 Å². The van der Waals surface area contributed by atoms with E-state index in [2.05, 4.69) is 10.6 Å². The summed E-state index contributed by atoms with van der Waals surface area (Å²) in [4.78, 5) is 48.9. The van der Waals surface area contributed by atoms with Crippen molar-refractivity contribution < 1.29 is 33.1 Å². The number of ether oxygens (including phenoxy) is 2. The topological polar surface area (TPSA) is 124 Å². The molecule has 160 valence electrons. The first-order valence-electron chi connectivity index (χ1n) is 9.09. The molecule has 0 saturated heterocycles. The average Bonchev–Trinajstić information content (AvgIpc) is 3.02. The number of hydrogen-bond donors (Lipinski definition) is 2. The van der Waals surface area contributed by atoms with Gasteiger partial charge in [0.2, 0.25) is 11.8 Å². The van der Waals surface area contributed by atoms with Crippen LogP contribution in [0.5, 0.6) is 0 Å². The second-order valence-corrected chi connectivity index (χ2v) is 6.35. The molecule has 0 unspecified atom stereocenters. The molecule has 0 aliphatic carbocycles. The molecule has 1 aromatic carbocycles. The predicted molar refractivity (Wildman–Crippen MR) is 108 cm³/mol. The third-order valence-corrected chi connectivity index (χ3v) is 4.06. The van der Waals surface area contributed by atoms with Gasteiger partial charge in [-0.25, -0.2) is 9.59 Å². The standard InChI is InChI=1S/C20H21ClN2O7/c1-4-28-19(26)15-11(3)30-18(16(15)20(27)29-5-2)23-14(24)10-22-17(25)12-6-8-13(21)9-7-12/h6-9H,4-5,10H2,1-3H3,(H,22,25)(H,23,24). The Bertz CT molecular complexity index is 951. The van der Waals surface area contributed by atoms with Crippen molar-refractivity contribution in [1.29, 1.82) is 0 Å². The summed E-state index contributed by atoms with van der Waals surface area (Å²) in [5.41, 5.74) is -0.0566. The quantitative estimate of drug-likeness (QED) is 0.609. The first-order valence-corrected chi connectivity index (χ1v) is 9.47. The molecular formula is C20H21ClN2O7. The summed E-state index contributed by atoms with van der Waals surface area (Å²) in [5.74, 6) is -2.98. The molecule has 0 aliphatic heterocycles. The van der Waals surface area contributed by atoms with Crippen LogP contribution < -0.4 is 10.6 Å². The Morgan fingerprint density at radius 3 is 2.10 bits per heavy atom. The highest BCUT2D eigenvalue weighted by Crippen LogP contribution is 2.28. The third kappa shape index (κ3) is 5.60. The fourth-order valence-electron chi connectivity index (χ4n) is 2.51. The molecule has 1 aromatic heterocycles. The Labute approximate surface area is 177 Å².